The molecule has 6 heteroatoms. The van der Waals surface area contributed by atoms with Crippen molar-refractivity contribution in [2.24, 2.45) is 5.41 Å². The van der Waals surface area contributed by atoms with Crippen LogP contribution in [-0.4, -0.2) is 16.7 Å². The highest BCUT2D eigenvalue weighted by Crippen LogP contribution is 2.39. The predicted molar refractivity (Wildman–Crippen MR) is 105 cm³/mol. The molecule has 0 radical (unpaired) electrons. The number of nitrogens with one attached hydrogen (secondary N) is 1. The third kappa shape index (κ3) is 2.86. The molecule has 3 N–H and O–H groups in total. The summed E-state index contributed by atoms with van der Waals surface area (Å²) in [6.07, 6.45) is 1.24. The molecule has 0 unspecified atom stereocenters. The lowest BCUT2D eigenvalue weighted by atomic mass is 9.75. The molecule has 2 aromatic heterocycles. The first-order valence-electron chi connectivity index (χ1n) is 8.45. The lowest BCUT2D eigenvalue weighted by molar-refractivity contribution is 0.0910. The van der Waals surface area contributed by atoms with Gasteiger partial charge in [-0.1, -0.05) is 32.0 Å². The number of para-hydroxylation sites is 1. The largest absolute Gasteiger partial charge is 0.397 e. The predicted octanol–water partition coefficient (Wildman–Crippen LogP) is 4.29. The van der Waals surface area contributed by atoms with E-state index in [1.165, 1.54) is 11.3 Å². The molecule has 3 aromatic rings. The molecule has 0 spiro atoms. The average molecular weight is 365 g/mol. The average Bonchev–Trinajstić information content (AvgIpc) is 2.89. The molecular formula is C20H19N3O2S. The van der Waals surface area contributed by atoms with Crippen molar-refractivity contribution in [3.8, 4) is 0 Å². The first-order valence-corrected chi connectivity index (χ1v) is 9.27. The zero-order valence-electron chi connectivity index (χ0n) is 14.6. The number of Topliss-reactive ketones (excluding diaryl/α,β-unsaturated/α-hetero) is 1. The summed E-state index contributed by atoms with van der Waals surface area (Å²) in [4.78, 5) is 30.9. The van der Waals surface area contributed by atoms with Crippen LogP contribution in [-0.2, 0) is 6.42 Å². The van der Waals surface area contributed by atoms with E-state index >= 15 is 0 Å². The zero-order chi connectivity index (χ0) is 18.5. The number of amides is 1. The highest BCUT2D eigenvalue weighted by Gasteiger charge is 2.33. The van der Waals surface area contributed by atoms with E-state index in [1.54, 1.807) is 6.07 Å². The van der Waals surface area contributed by atoms with Crippen LogP contribution < -0.4 is 11.1 Å². The van der Waals surface area contributed by atoms with Gasteiger partial charge in [-0.25, -0.2) is 4.98 Å². The van der Waals surface area contributed by atoms with Crippen LogP contribution >= 0.6 is 11.3 Å². The van der Waals surface area contributed by atoms with Crippen molar-refractivity contribution >= 4 is 44.6 Å². The molecule has 0 atom stereocenters. The number of hydrogen-bond acceptors (Lipinski definition) is 5. The molecule has 1 amide bonds. The molecule has 1 aromatic carbocycles. The van der Waals surface area contributed by atoms with Crippen LogP contribution in [0.15, 0.2) is 36.4 Å². The van der Waals surface area contributed by atoms with E-state index in [-0.39, 0.29) is 17.1 Å². The maximum Gasteiger partial charge on any atom is 0.267 e. The Balaban J connectivity index is 1.75. The van der Waals surface area contributed by atoms with Crippen LogP contribution in [0.3, 0.4) is 0 Å². The normalized spacial score (nSPS) is 15.7. The van der Waals surface area contributed by atoms with Crippen molar-refractivity contribution in [1.29, 1.82) is 0 Å². The van der Waals surface area contributed by atoms with E-state index in [0.29, 0.717) is 38.5 Å². The maximum atomic E-state index is 12.6. The Kier molecular flexibility index (Phi) is 3.80. The molecule has 1 aliphatic rings. The van der Waals surface area contributed by atoms with Gasteiger partial charge >= 0.3 is 0 Å². The van der Waals surface area contributed by atoms with E-state index in [4.69, 9.17) is 5.73 Å². The minimum Gasteiger partial charge on any atom is -0.397 e. The molecule has 1 aliphatic carbocycles. The van der Waals surface area contributed by atoms with Crippen LogP contribution in [0.2, 0.25) is 0 Å². The van der Waals surface area contributed by atoms with Crippen molar-refractivity contribution in [1.82, 2.24) is 4.98 Å². The van der Waals surface area contributed by atoms with Gasteiger partial charge in [-0.2, -0.15) is 0 Å². The number of nitrogens with two attached hydrogens (primary N) is 1. The van der Waals surface area contributed by atoms with Crippen LogP contribution in [0.5, 0.6) is 0 Å². The topological polar surface area (TPSA) is 85.1 Å². The Bertz CT molecular complexity index is 1040. The highest BCUT2D eigenvalue weighted by molar-refractivity contribution is 7.21. The van der Waals surface area contributed by atoms with Gasteiger partial charge in [0.1, 0.15) is 9.71 Å². The van der Waals surface area contributed by atoms with E-state index in [9.17, 15) is 9.59 Å². The Morgan fingerprint density at radius 2 is 1.96 bits per heavy atom. The van der Waals surface area contributed by atoms with E-state index in [0.717, 1.165) is 12.1 Å². The Hall–Kier alpha value is -2.73. The Morgan fingerprint density at radius 1 is 1.23 bits per heavy atom. The van der Waals surface area contributed by atoms with Gasteiger partial charge in [-0.3, -0.25) is 9.59 Å². The lowest BCUT2D eigenvalue weighted by Crippen LogP contribution is -2.27. The molecule has 0 saturated carbocycles. The molecular weight excluding hydrogens is 346 g/mol. The van der Waals surface area contributed by atoms with Gasteiger partial charge in [-0.05, 0) is 30.0 Å². The van der Waals surface area contributed by atoms with Crippen LogP contribution in [0, 0.1) is 5.41 Å². The number of hydrogen-bond donors (Lipinski definition) is 2. The second kappa shape index (κ2) is 5.92. The van der Waals surface area contributed by atoms with Crippen LogP contribution in [0.4, 0.5) is 11.4 Å². The molecule has 0 aliphatic heterocycles. The molecule has 4 rings (SSSR count). The SMILES string of the molecule is CC1(C)CC(=O)c2cc3c(N)c(C(=O)Nc4ccccc4)sc3nc2C1. The van der Waals surface area contributed by atoms with Gasteiger partial charge < -0.3 is 11.1 Å². The molecule has 26 heavy (non-hydrogen) atoms. The van der Waals surface area contributed by atoms with E-state index < -0.39 is 0 Å². The smallest absolute Gasteiger partial charge is 0.267 e. The quantitative estimate of drug-likeness (QED) is 0.709. The number of carbonyl (C=O) groups is 2. The maximum absolute atomic E-state index is 12.6. The van der Waals surface area contributed by atoms with Crippen LogP contribution in [0.1, 0.15) is 46.0 Å². The summed E-state index contributed by atoms with van der Waals surface area (Å²) in [6, 6.07) is 11.0. The second-order valence-electron chi connectivity index (χ2n) is 7.44. The van der Waals surface area contributed by atoms with Crippen molar-refractivity contribution in [2.75, 3.05) is 11.1 Å². The monoisotopic (exact) mass is 365 g/mol. The number of anilines is 2. The first kappa shape index (κ1) is 16.7. The van der Waals surface area contributed by atoms with Gasteiger partial charge in [0.2, 0.25) is 0 Å². The summed E-state index contributed by atoms with van der Waals surface area (Å²) < 4.78 is 0. The molecule has 5 nitrogen and oxygen atoms in total. The fourth-order valence-corrected chi connectivity index (χ4v) is 4.37. The number of rotatable bonds is 2. The molecule has 0 fully saturated rings. The molecule has 2 heterocycles. The van der Waals surface area contributed by atoms with Gasteiger partial charge in [0.15, 0.2) is 5.78 Å². The number of fused-ring (bicyclic) bond motifs is 2. The van der Waals surface area contributed by atoms with Gasteiger partial charge in [0.25, 0.3) is 5.91 Å². The summed E-state index contributed by atoms with van der Waals surface area (Å²) in [5, 5.41) is 3.53. The number of thiophene rings is 1. The van der Waals surface area contributed by atoms with Gasteiger partial charge in [-0.15, -0.1) is 11.3 Å². The Morgan fingerprint density at radius 3 is 2.69 bits per heavy atom. The minimum absolute atomic E-state index is 0.0894. The number of aromatic nitrogens is 1. The number of carbonyl (C=O) groups excluding carboxylic acids is 2. The summed E-state index contributed by atoms with van der Waals surface area (Å²) in [5.41, 5.74) is 8.65. The van der Waals surface area contributed by atoms with E-state index in [1.807, 2.05) is 30.3 Å². The zero-order valence-corrected chi connectivity index (χ0v) is 15.4. The summed E-state index contributed by atoms with van der Waals surface area (Å²) >= 11 is 1.27. The Labute approximate surface area is 155 Å². The van der Waals surface area contributed by atoms with Crippen molar-refractivity contribution in [3.63, 3.8) is 0 Å². The third-order valence-corrected chi connectivity index (χ3v) is 5.74. The molecule has 0 bridgehead atoms. The van der Waals surface area contributed by atoms with E-state index in [2.05, 4.69) is 24.1 Å². The summed E-state index contributed by atoms with van der Waals surface area (Å²) in [7, 11) is 0. The lowest BCUT2D eigenvalue weighted by Gasteiger charge is -2.29. The minimum atomic E-state index is -0.263. The first-order chi connectivity index (χ1) is 12.3. The third-order valence-electron chi connectivity index (χ3n) is 4.62. The van der Waals surface area contributed by atoms with Gasteiger partial charge in [0, 0.05) is 23.1 Å². The fraction of sp³-hybridized carbons (Fsp3) is 0.250. The number of pyridine rings is 1. The molecule has 0 saturated heterocycles. The van der Waals surface area contributed by atoms with Crippen molar-refractivity contribution in [3.05, 3.63) is 52.5 Å². The van der Waals surface area contributed by atoms with Crippen molar-refractivity contribution < 1.29 is 9.59 Å². The standard InChI is InChI=1S/C20H19N3O2S/c1-20(2)9-14-12(15(24)10-20)8-13-16(21)17(26-19(13)23-14)18(25)22-11-6-4-3-5-7-11/h3-8H,9-10,21H2,1-2H3,(H,22,25). The second-order valence-corrected chi connectivity index (χ2v) is 8.44. The van der Waals surface area contributed by atoms with Crippen molar-refractivity contribution in [2.45, 2.75) is 26.7 Å². The highest BCUT2D eigenvalue weighted by atomic mass is 32.1. The number of nitrogens with zero attached hydrogens (tertiary/aromatic N) is 1. The van der Waals surface area contributed by atoms with Gasteiger partial charge in [0.05, 0.1) is 11.4 Å². The number of ketones is 1. The number of benzene rings is 1. The fourth-order valence-electron chi connectivity index (χ4n) is 3.38. The number of nitrogen functional groups attached to an aromatic ring is 1. The molecule has 132 valence electrons. The van der Waals surface area contributed by atoms with Crippen LogP contribution in [0.25, 0.3) is 10.2 Å². The summed E-state index contributed by atoms with van der Waals surface area (Å²) in [5.74, 6) is -0.173. The summed E-state index contributed by atoms with van der Waals surface area (Å²) in [6.45, 7) is 4.14.